The van der Waals surface area contributed by atoms with Gasteiger partial charge < -0.3 is 9.84 Å². The number of halogens is 1. The van der Waals surface area contributed by atoms with Crippen LogP contribution < -0.4 is 4.74 Å². The van der Waals surface area contributed by atoms with Gasteiger partial charge in [0.15, 0.2) is 0 Å². The van der Waals surface area contributed by atoms with Crippen molar-refractivity contribution in [1.82, 2.24) is 4.98 Å². The van der Waals surface area contributed by atoms with Crippen LogP contribution in [0.15, 0.2) is 54.7 Å². The van der Waals surface area contributed by atoms with E-state index in [1.807, 2.05) is 30.3 Å². The van der Waals surface area contributed by atoms with Crippen molar-refractivity contribution >= 4 is 10.8 Å². The first-order chi connectivity index (χ1) is 10.2. The maximum absolute atomic E-state index is 14.1. The Hall–Kier alpha value is -2.46. The molecule has 2 aromatic carbocycles. The highest BCUT2D eigenvalue weighted by molar-refractivity contribution is 5.84. The van der Waals surface area contributed by atoms with Gasteiger partial charge >= 0.3 is 0 Å². The molecule has 0 aliphatic carbocycles. The van der Waals surface area contributed by atoms with Crippen molar-refractivity contribution in [3.8, 4) is 5.75 Å². The highest BCUT2D eigenvalue weighted by Crippen LogP contribution is 2.29. The minimum absolute atomic E-state index is 0.180. The summed E-state index contributed by atoms with van der Waals surface area (Å²) in [5, 5.41) is 12.3. The molecule has 0 fully saturated rings. The fourth-order valence-corrected chi connectivity index (χ4v) is 2.36. The van der Waals surface area contributed by atoms with Gasteiger partial charge in [0.25, 0.3) is 0 Å². The third-order valence-corrected chi connectivity index (χ3v) is 3.47. The number of hydrogen-bond donors (Lipinski definition) is 1. The number of aromatic nitrogens is 1. The second-order valence-corrected chi connectivity index (χ2v) is 4.71. The van der Waals surface area contributed by atoms with Crippen LogP contribution in [0, 0.1) is 5.82 Å². The van der Waals surface area contributed by atoms with Crippen LogP contribution >= 0.6 is 0 Å². The lowest BCUT2D eigenvalue weighted by molar-refractivity contribution is 0.211. The SMILES string of the molecule is COc1ccc(C(O)c2nccc3ccccc23)c(F)c1. The first-order valence-electron chi connectivity index (χ1n) is 6.56. The average Bonchev–Trinajstić information content (AvgIpc) is 2.53. The van der Waals surface area contributed by atoms with Crippen LogP contribution in [0.5, 0.6) is 5.75 Å². The maximum atomic E-state index is 14.1. The van der Waals surface area contributed by atoms with Crippen LogP contribution in [0.3, 0.4) is 0 Å². The predicted octanol–water partition coefficient (Wildman–Crippen LogP) is 3.46. The molecule has 21 heavy (non-hydrogen) atoms. The first kappa shape index (κ1) is 13.5. The lowest BCUT2D eigenvalue weighted by atomic mass is 10.0. The van der Waals surface area contributed by atoms with Crippen molar-refractivity contribution in [3.63, 3.8) is 0 Å². The fourth-order valence-electron chi connectivity index (χ4n) is 2.36. The Bertz CT molecular complexity index is 783. The van der Waals surface area contributed by atoms with Gasteiger partial charge in [-0.1, -0.05) is 24.3 Å². The molecule has 106 valence electrons. The average molecular weight is 283 g/mol. The molecule has 4 heteroatoms. The molecule has 3 rings (SSSR count). The zero-order chi connectivity index (χ0) is 14.8. The lowest BCUT2D eigenvalue weighted by Crippen LogP contribution is -2.05. The molecule has 1 N–H and O–H groups in total. The van der Waals surface area contributed by atoms with Gasteiger partial charge in [0.05, 0.1) is 12.8 Å². The van der Waals surface area contributed by atoms with Gasteiger partial charge in [-0.3, -0.25) is 4.98 Å². The number of rotatable bonds is 3. The Kier molecular flexibility index (Phi) is 3.54. The largest absolute Gasteiger partial charge is 0.497 e. The van der Waals surface area contributed by atoms with Crippen molar-refractivity contribution in [1.29, 1.82) is 0 Å². The number of ether oxygens (including phenoxy) is 1. The van der Waals surface area contributed by atoms with Crippen molar-refractivity contribution in [2.45, 2.75) is 6.10 Å². The Balaban J connectivity index is 2.10. The summed E-state index contributed by atoms with van der Waals surface area (Å²) in [5.74, 6) is -0.106. The smallest absolute Gasteiger partial charge is 0.133 e. The molecule has 1 atom stereocenters. The normalized spacial score (nSPS) is 12.3. The monoisotopic (exact) mass is 283 g/mol. The number of aliphatic hydroxyl groups is 1. The van der Waals surface area contributed by atoms with Gasteiger partial charge in [0.2, 0.25) is 0 Å². The summed E-state index contributed by atoms with van der Waals surface area (Å²) in [6.45, 7) is 0. The van der Waals surface area contributed by atoms with Crippen molar-refractivity contribution in [2.24, 2.45) is 0 Å². The quantitative estimate of drug-likeness (QED) is 0.800. The standard InChI is InChI=1S/C17H14FNO2/c1-21-12-6-7-14(15(18)10-12)17(20)16-13-5-3-2-4-11(13)8-9-19-16/h2-10,17,20H,1H3. The molecule has 0 aliphatic heterocycles. The minimum Gasteiger partial charge on any atom is -0.497 e. The number of methoxy groups -OCH3 is 1. The van der Waals surface area contributed by atoms with Gasteiger partial charge in [0.1, 0.15) is 17.7 Å². The van der Waals surface area contributed by atoms with Gasteiger partial charge in [0, 0.05) is 23.2 Å². The Morgan fingerprint density at radius 2 is 1.95 bits per heavy atom. The molecule has 0 saturated heterocycles. The topological polar surface area (TPSA) is 42.4 Å². The van der Waals surface area contributed by atoms with E-state index in [-0.39, 0.29) is 5.56 Å². The molecule has 1 unspecified atom stereocenters. The van der Waals surface area contributed by atoms with Crippen molar-refractivity contribution in [3.05, 3.63) is 71.8 Å². The molecule has 0 radical (unpaired) electrons. The zero-order valence-corrected chi connectivity index (χ0v) is 11.5. The highest BCUT2D eigenvalue weighted by atomic mass is 19.1. The summed E-state index contributed by atoms with van der Waals surface area (Å²) in [6.07, 6.45) is 0.490. The molecule has 0 spiro atoms. The molecule has 0 bridgehead atoms. The van der Waals surface area contributed by atoms with Crippen molar-refractivity contribution in [2.75, 3.05) is 7.11 Å². The Morgan fingerprint density at radius 3 is 2.71 bits per heavy atom. The van der Waals surface area contributed by atoms with Crippen LogP contribution in [-0.4, -0.2) is 17.2 Å². The Morgan fingerprint density at radius 1 is 1.14 bits per heavy atom. The Labute approximate surface area is 121 Å². The summed E-state index contributed by atoms with van der Waals surface area (Å²) in [6, 6.07) is 13.8. The summed E-state index contributed by atoms with van der Waals surface area (Å²) in [4.78, 5) is 4.22. The summed E-state index contributed by atoms with van der Waals surface area (Å²) >= 11 is 0. The fraction of sp³-hybridized carbons (Fsp3) is 0.118. The maximum Gasteiger partial charge on any atom is 0.133 e. The molecule has 3 aromatic rings. The summed E-state index contributed by atoms with van der Waals surface area (Å²) in [7, 11) is 1.47. The minimum atomic E-state index is -1.12. The van der Waals surface area contributed by atoms with E-state index in [0.717, 1.165) is 10.8 Å². The second kappa shape index (κ2) is 5.50. The van der Waals surface area contributed by atoms with Gasteiger partial charge in [-0.05, 0) is 23.6 Å². The molecule has 1 heterocycles. The van der Waals surface area contributed by atoms with Crippen LogP contribution in [-0.2, 0) is 0 Å². The van der Waals surface area contributed by atoms with E-state index in [2.05, 4.69) is 4.98 Å². The number of benzene rings is 2. The van der Waals surface area contributed by atoms with E-state index in [1.165, 1.54) is 19.2 Å². The highest BCUT2D eigenvalue weighted by Gasteiger charge is 2.19. The van der Waals surface area contributed by atoms with Crippen LogP contribution in [0.25, 0.3) is 10.8 Å². The number of fused-ring (bicyclic) bond motifs is 1. The van der Waals surface area contributed by atoms with Crippen LogP contribution in [0.2, 0.25) is 0 Å². The van der Waals surface area contributed by atoms with Gasteiger partial charge in [-0.2, -0.15) is 0 Å². The molecular formula is C17H14FNO2. The molecule has 0 amide bonds. The first-order valence-corrected chi connectivity index (χ1v) is 6.56. The summed E-state index contributed by atoms with van der Waals surface area (Å²) < 4.78 is 19.1. The molecule has 0 aliphatic rings. The predicted molar refractivity (Wildman–Crippen MR) is 78.8 cm³/mol. The molecule has 0 saturated carbocycles. The van der Waals surface area contributed by atoms with E-state index >= 15 is 0 Å². The molecular weight excluding hydrogens is 269 g/mol. The molecule has 1 aromatic heterocycles. The molecule has 3 nitrogen and oxygen atoms in total. The van der Waals surface area contributed by atoms with Crippen LogP contribution in [0.1, 0.15) is 17.4 Å². The third kappa shape index (κ3) is 2.45. The number of hydrogen-bond acceptors (Lipinski definition) is 3. The summed E-state index contributed by atoms with van der Waals surface area (Å²) in [5.41, 5.74) is 0.622. The zero-order valence-electron chi connectivity index (χ0n) is 11.5. The van der Waals surface area contributed by atoms with Gasteiger partial charge in [-0.25, -0.2) is 4.39 Å². The third-order valence-electron chi connectivity index (χ3n) is 3.47. The van der Waals surface area contributed by atoms with Crippen molar-refractivity contribution < 1.29 is 14.2 Å². The van der Waals surface area contributed by atoms with E-state index < -0.39 is 11.9 Å². The van der Waals surface area contributed by atoms with E-state index in [9.17, 15) is 9.50 Å². The van der Waals surface area contributed by atoms with E-state index in [4.69, 9.17) is 4.74 Å². The van der Waals surface area contributed by atoms with Gasteiger partial charge in [-0.15, -0.1) is 0 Å². The number of pyridine rings is 1. The number of nitrogens with zero attached hydrogens (tertiary/aromatic N) is 1. The van der Waals surface area contributed by atoms with Crippen LogP contribution in [0.4, 0.5) is 4.39 Å². The van der Waals surface area contributed by atoms with E-state index in [1.54, 1.807) is 12.3 Å². The lowest BCUT2D eigenvalue weighted by Gasteiger charge is -2.14. The van der Waals surface area contributed by atoms with E-state index in [0.29, 0.717) is 11.4 Å². The second-order valence-electron chi connectivity index (χ2n) is 4.71. The number of aliphatic hydroxyl groups excluding tert-OH is 1.